The van der Waals surface area contributed by atoms with Crippen LogP contribution in [-0.4, -0.2) is 16.2 Å². The number of hydrogen-bond donors (Lipinski definition) is 2. The van der Waals surface area contributed by atoms with E-state index < -0.39 is 17.9 Å². The summed E-state index contributed by atoms with van der Waals surface area (Å²) in [5.41, 5.74) is 0.0796. The lowest BCUT2D eigenvalue weighted by Crippen LogP contribution is -2.12. The van der Waals surface area contributed by atoms with Crippen LogP contribution in [0.4, 0.5) is 4.39 Å². The van der Waals surface area contributed by atoms with E-state index in [0.29, 0.717) is 7.14 Å². The van der Waals surface area contributed by atoms with Crippen LogP contribution in [0.15, 0.2) is 12.1 Å². The molecule has 0 bridgehead atoms. The number of hydrogen-bond acceptors (Lipinski definition) is 2. The molecule has 0 aliphatic carbocycles. The van der Waals surface area contributed by atoms with E-state index in [1.807, 2.05) is 22.6 Å². The standard InChI is InChI=1S/C8H5FI2O3/c9-4-1-3(7(12)8(13)14)5(10)2-6(4)11/h1-2,7,12H,(H,13,14). The summed E-state index contributed by atoms with van der Waals surface area (Å²) >= 11 is 3.65. The average Bonchev–Trinajstić information content (AvgIpc) is 2.10. The Labute approximate surface area is 107 Å². The summed E-state index contributed by atoms with van der Waals surface area (Å²) < 4.78 is 14.0. The zero-order valence-electron chi connectivity index (χ0n) is 6.67. The fourth-order valence-corrected chi connectivity index (χ4v) is 2.71. The van der Waals surface area contributed by atoms with Gasteiger partial charge in [0.2, 0.25) is 0 Å². The van der Waals surface area contributed by atoms with Crippen LogP contribution < -0.4 is 0 Å². The highest BCUT2D eigenvalue weighted by atomic mass is 127. The molecule has 6 heteroatoms. The summed E-state index contributed by atoms with van der Waals surface area (Å²) in [7, 11) is 0. The molecule has 0 heterocycles. The van der Waals surface area contributed by atoms with Gasteiger partial charge in [0, 0.05) is 12.7 Å². The SMILES string of the molecule is O=C(O)C(O)c1cc(F)c(I)cc1I. The Morgan fingerprint density at radius 3 is 2.43 bits per heavy atom. The number of carboxylic acid groups (broad SMARTS) is 1. The fraction of sp³-hybridized carbons (Fsp3) is 0.125. The Bertz CT molecular complexity index is 381. The van der Waals surface area contributed by atoms with Crippen molar-refractivity contribution in [2.24, 2.45) is 0 Å². The first kappa shape index (κ1) is 12.1. The monoisotopic (exact) mass is 422 g/mol. The molecule has 0 aliphatic heterocycles. The Morgan fingerprint density at radius 1 is 1.36 bits per heavy atom. The molecule has 1 rings (SSSR count). The Morgan fingerprint density at radius 2 is 1.93 bits per heavy atom. The molecule has 76 valence electrons. The van der Waals surface area contributed by atoms with E-state index in [1.165, 1.54) is 6.07 Å². The van der Waals surface area contributed by atoms with Crippen LogP contribution in [0.25, 0.3) is 0 Å². The molecule has 3 nitrogen and oxygen atoms in total. The zero-order chi connectivity index (χ0) is 10.9. The maximum atomic E-state index is 13.1. The molecule has 0 saturated heterocycles. The van der Waals surface area contributed by atoms with E-state index in [-0.39, 0.29) is 5.56 Å². The molecule has 0 spiro atoms. The number of carbonyl (C=O) groups is 1. The third-order valence-electron chi connectivity index (χ3n) is 1.57. The number of aliphatic carboxylic acids is 1. The molecule has 2 N–H and O–H groups in total. The molecule has 0 aliphatic rings. The van der Waals surface area contributed by atoms with Gasteiger partial charge >= 0.3 is 5.97 Å². The lowest BCUT2D eigenvalue weighted by molar-refractivity contribution is -0.147. The van der Waals surface area contributed by atoms with Gasteiger partial charge in [0.05, 0.1) is 0 Å². The number of aliphatic hydroxyl groups is 1. The van der Waals surface area contributed by atoms with Crippen molar-refractivity contribution in [3.05, 3.63) is 30.7 Å². The van der Waals surface area contributed by atoms with Crippen molar-refractivity contribution in [1.29, 1.82) is 0 Å². The summed E-state index contributed by atoms with van der Waals surface area (Å²) in [5.74, 6) is -1.91. The summed E-state index contributed by atoms with van der Waals surface area (Å²) in [6.45, 7) is 0. The molecular formula is C8H5FI2O3. The summed E-state index contributed by atoms with van der Waals surface area (Å²) in [5, 5.41) is 17.8. The number of aliphatic hydroxyl groups excluding tert-OH is 1. The van der Waals surface area contributed by atoms with Gasteiger partial charge in [-0.1, -0.05) is 0 Å². The van der Waals surface area contributed by atoms with E-state index in [0.717, 1.165) is 6.07 Å². The van der Waals surface area contributed by atoms with Gasteiger partial charge in [-0.3, -0.25) is 0 Å². The molecule has 0 fully saturated rings. The molecule has 0 aromatic heterocycles. The quantitative estimate of drug-likeness (QED) is 0.568. The maximum absolute atomic E-state index is 13.1. The number of halogens is 3. The first-order valence-electron chi connectivity index (χ1n) is 3.48. The lowest BCUT2D eigenvalue weighted by Gasteiger charge is -2.09. The van der Waals surface area contributed by atoms with Crippen LogP contribution in [0.2, 0.25) is 0 Å². The van der Waals surface area contributed by atoms with Crippen molar-refractivity contribution in [2.45, 2.75) is 6.10 Å². The van der Waals surface area contributed by atoms with Crippen molar-refractivity contribution in [3.63, 3.8) is 0 Å². The zero-order valence-corrected chi connectivity index (χ0v) is 11.0. The van der Waals surface area contributed by atoms with Crippen molar-refractivity contribution in [2.75, 3.05) is 0 Å². The summed E-state index contributed by atoms with van der Waals surface area (Å²) in [4.78, 5) is 10.5. The van der Waals surface area contributed by atoms with E-state index in [4.69, 9.17) is 5.11 Å². The fourth-order valence-electron chi connectivity index (χ4n) is 0.881. The van der Waals surface area contributed by atoms with Crippen molar-refractivity contribution >= 4 is 51.2 Å². The second-order valence-electron chi connectivity index (χ2n) is 2.53. The maximum Gasteiger partial charge on any atom is 0.337 e. The third kappa shape index (κ3) is 2.54. The van der Waals surface area contributed by atoms with Gasteiger partial charge in [0.1, 0.15) is 5.82 Å². The highest BCUT2D eigenvalue weighted by Gasteiger charge is 2.20. The van der Waals surface area contributed by atoms with Crippen LogP contribution in [-0.2, 0) is 4.79 Å². The number of carboxylic acids is 1. The predicted molar refractivity (Wildman–Crippen MR) is 64.4 cm³/mol. The Hall–Kier alpha value is 0.0400. The molecule has 1 aromatic carbocycles. The second-order valence-corrected chi connectivity index (χ2v) is 4.85. The van der Waals surface area contributed by atoms with E-state index >= 15 is 0 Å². The van der Waals surface area contributed by atoms with Gasteiger partial charge in [0.25, 0.3) is 0 Å². The Kier molecular flexibility index (Phi) is 4.07. The van der Waals surface area contributed by atoms with Crippen LogP contribution >= 0.6 is 45.2 Å². The number of rotatable bonds is 2. The topological polar surface area (TPSA) is 57.5 Å². The first-order chi connectivity index (χ1) is 6.43. The predicted octanol–water partition coefficient (Wildman–Crippen LogP) is 2.15. The summed E-state index contributed by atoms with van der Waals surface area (Å²) in [6.07, 6.45) is -1.67. The number of benzene rings is 1. The van der Waals surface area contributed by atoms with Crippen LogP contribution in [0.3, 0.4) is 0 Å². The van der Waals surface area contributed by atoms with E-state index in [9.17, 15) is 14.3 Å². The van der Waals surface area contributed by atoms with Gasteiger partial charge < -0.3 is 10.2 Å². The smallest absolute Gasteiger partial charge is 0.337 e. The van der Waals surface area contributed by atoms with Crippen LogP contribution in [0.5, 0.6) is 0 Å². The van der Waals surface area contributed by atoms with Crippen molar-refractivity contribution < 1.29 is 19.4 Å². The minimum atomic E-state index is -1.67. The highest BCUT2D eigenvalue weighted by Crippen LogP contribution is 2.24. The molecule has 14 heavy (non-hydrogen) atoms. The van der Waals surface area contributed by atoms with Crippen LogP contribution in [0, 0.1) is 13.0 Å². The van der Waals surface area contributed by atoms with Gasteiger partial charge in [-0.05, 0) is 57.3 Å². The van der Waals surface area contributed by atoms with Crippen molar-refractivity contribution in [1.82, 2.24) is 0 Å². The lowest BCUT2D eigenvalue weighted by atomic mass is 10.1. The normalized spacial score (nSPS) is 12.6. The molecule has 0 saturated carbocycles. The largest absolute Gasteiger partial charge is 0.479 e. The van der Waals surface area contributed by atoms with Crippen LogP contribution in [0.1, 0.15) is 11.7 Å². The molecule has 0 radical (unpaired) electrons. The minimum absolute atomic E-state index is 0.0796. The summed E-state index contributed by atoms with van der Waals surface area (Å²) in [6, 6.07) is 2.53. The molecule has 1 atom stereocenters. The second kappa shape index (κ2) is 4.71. The molecular weight excluding hydrogens is 417 g/mol. The van der Waals surface area contributed by atoms with E-state index in [1.54, 1.807) is 22.6 Å². The molecule has 1 unspecified atom stereocenters. The Balaban J connectivity index is 3.22. The molecule has 1 aromatic rings. The van der Waals surface area contributed by atoms with Gasteiger partial charge in [-0.2, -0.15) is 0 Å². The van der Waals surface area contributed by atoms with E-state index in [2.05, 4.69) is 0 Å². The van der Waals surface area contributed by atoms with Gasteiger partial charge in [0.15, 0.2) is 6.10 Å². The molecule has 0 amide bonds. The minimum Gasteiger partial charge on any atom is -0.479 e. The third-order valence-corrected chi connectivity index (χ3v) is 3.33. The van der Waals surface area contributed by atoms with Crippen molar-refractivity contribution in [3.8, 4) is 0 Å². The average molecular weight is 422 g/mol. The first-order valence-corrected chi connectivity index (χ1v) is 5.64. The highest BCUT2D eigenvalue weighted by molar-refractivity contribution is 14.1. The van der Waals surface area contributed by atoms with Gasteiger partial charge in [-0.15, -0.1) is 0 Å². The van der Waals surface area contributed by atoms with Gasteiger partial charge in [-0.25, -0.2) is 9.18 Å².